The van der Waals surface area contributed by atoms with Gasteiger partial charge in [-0.25, -0.2) is 0 Å². The second-order valence-corrected chi connectivity index (χ2v) is 5.23. The Bertz CT molecular complexity index is 537. The van der Waals surface area contributed by atoms with Crippen molar-refractivity contribution in [2.75, 3.05) is 5.32 Å². The van der Waals surface area contributed by atoms with E-state index >= 15 is 0 Å². The summed E-state index contributed by atoms with van der Waals surface area (Å²) in [6, 6.07) is 15.9. The van der Waals surface area contributed by atoms with Crippen molar-refractivity contribution >= 4 is 51.2 Å². The number of hydrogen-bond donors (Lipinski definition) is 2. The Morgan fingerprint density at radius 2 is 1.71 bits per heavy atom. The lowest BCUT2D eigenvalue weighted by atomic mass is 10.1. The van der Waals surface area contributed by atoms with Gasteiger partial charge in [-0.05, 0) is 59.0 Å². The third kappa shape index (κ3) is 3.17. The molecule has 0 aromatic heterocycles. The number of nitrogens with two attached hydrogens (primary N) is 1. The molecule has 0 spiro atoms. The second-order valence-electron chi connectivity index (χ2n) is 3.54. The van der Waals surface area contributed by atoms with Gasteiger partial charge in [-0.1, -0.05) is 24.4 Å². The normalized spacial score (nSPS) is 9.94. The Labute approximate surface area is 119 Å². The first-order chi connectivity index (χ1) is 8.16. The van der Waals surface area contributed by atoms with Crippen molar-refractivity contribution in [1.29, 1.82) is 0 Å². The molecule has 2 aromatic rings. The van der Waals surface area contributed by atoms with Crippen LogP contribution in [0.15, 0.2) is 48.5 Å². The molecule has 0 radical (unpaired) electrons. The zero-order valence-electron chi connectivity index (χ0n) is 8.98. The van der Waals surface area contributed by atoms with Crippen molar-refractivity contribution in [3.63, 3.8) is 0 Å². The summed E-state index contributed by atoms with van der Waals surface area (Å²) in [6.45, 7) is 0. The summed E-state index contributed by atoms with van der Waals surface area (Å²) in [4.78, 5) is 0.401. The van der Waals surface area contributed by atoms with Gasteiger partial charge in [-0.3, -0.25) is 0 Å². The van der Waals surface area contributed by atoms with E-state index in [1.807, 2.05) is 48.5 Å². The average Bonchev–Trinajstić information content (AvgIpc) is 2.32. The first-order valence-corrected chi connectivity index (χ1v) is 6.57. The standard InChI is InChI=1S/C13H11IN2S/c14-9-5-7-10(8-6-9)16-12-4-2-1-3-11(12)13(15)17/h1-8,16H,(H2,15,17). The van der Waals surface area contributed by atoms with Crippen LogP contribution in [0.2, 0.25) is 0 Å². The molecule has 4 heteroatoms. The molecular weight excluding hydrogens is 343 g/mol. The zero-order chi connectivity index (χ0) is 12.3. The molecule has 0 bridgehead atoms. The minimum Gasteiger partial charge on any atom is -0.389 e. The summed E-state index contributed by atoms with van der Waals surface area (Å²) >= 11 is 7.30. The number of halogens is 1. The smallest absolute Gasteiger partial charge is 0.106 e. The predicted octanol–water partition coefficient (Wildman–Crippen LogP) is 3.67. The van der Waals surface area contributed by atoms with Gasteiger partial charge in [-0.15, -0.1) is 0 Å². The number of benzene rings is 2. The van der Waals surface area contributed by atoms with E-state index in [2.05, 4.69) is 27.9 Å². The molecule has 86 valence electrons. The van der Waals surface area contributed by atoms with E-state index in [9.17, 15) is 0 Å². The van der Waals surface area contributed by atoms with E-state index in [-0.39, 0.29) is 0 Å². The second kappa shape index (κ2) is 5.46. The topological polar surface area (TPSA) is 38.0 Å². The third-order valence-electron chi connectivity index (χ3n) is 2.32. The molecule has 17 heavy (non-hydrogen) atoms. The van der Waals surface area contributed by atoms with Crippen LogP contribution in [0, 0.1) is 3.57 Å². The Morgan fingerprint density at radius 1 is 1.06 bits per heavy atom. The van der Waals surface area contributed by atoms with Crippen molar-refractivity contribution in [2.45, 2.75) is 0 Å². The summed E-state index contributed by atoms with van der Waals surface area (Å²) in [5.41, 5.74) is 8.50. The van der Waals surface area contributed by atoms with Crippen LogP contribution in [0.1, 0.15) is 5.56 Å². The monoisotopic (exact) mass is 354 g/mol. The first kappa shape index (κ1) is 12.3. The fourth-order valence-electron chi connectivity index (χ4n) is 1.50. The van der Waals surface area contributed by atoms with Crippen LogP contribution in [0.3, 0.4) is 0 Å². The van der Waals surface area contributed by atoms with Gasteiger partial charge >= 0.3 is 0 Å². The van der Waals surface area contributed by atoms with Gasteiger partial charge < -0.3 is 11.1 Å². The molecule has 3 N–H and O–H groups in total. The van der Waals surface area contributed by atoms with E-state index < -0.39 is 0 Å². The van der Waals surface area contributed by atoms with E-state index in [0.29, 0.717) is 4.99 Å². The van der Waals surface area contributed by atoms with Gasteiger partial charge in [0.25, 0.3) is 0 Å². The number of thiocarbonyl (C=S) groups is 1. The van der Waals surface area contributed by atoms with Gasteiger partial charge in [-0.2, -0.15) is 0 Å². The minimum atomic E-state index is 0.401. The fraction of sp³-hybridized carbons (Fsp3) is 0. The van der Waals surface area contributed by atoms with Gasteiger partial charge in [0.15, 0.2) is 0 Å². The van der Waals surface area contributed by atoms with Crippen molar-refractivity contribution in [3.05, 3.63) is 57.7 Å². The van der Waals surface area contributed by atoms with E-state index in [1.165, 1.54) is 3.57 Å². The number of nitrogens with one attached hydrogen (secondary N) is 1. The highest BCUT2D eigenvalue weighted by Crippen LogP contribution is 2.21. The Hall–Kier alpha value is -1.14. The molecule has 0 atom stereocenters. The van der Waals surface area contributed by atoms with Crippen LogP contribution in [0.4, 0.5) is 11.4 Å². The van der Waals surface area contributed by atoms with Crippen molar-refractivity contribution in [2.24, 2.45) is 5.73 Å². The molecule has 0 amide bonds. The SMILES string of the molecule is NC(=S)c1ccccc1Nc1ccc(I)cc1. The highest BCUT2D eigenvalue weighted by Gasteiger charge is 2.03. The van der Waals surface area contributed by atoms with Crippen LogP contribution in [0.5, 0.6) is 0 Å². The average molecular weight is 354 g/mol. The van der Waals surface area contributed by atoms with Crippen LogP contribution in [-0.2, 0) is 0 Å². The molecule has 0 fully saturated rings. The molecule has 0 aliphatic heterocycles. The molecule has 2 rings (SSSR count). The molecule has 2 nitrogen and oxygen atoms in total. The summed E-state index contributed by atoms with van der Waals surface area (Å²) in [6.07, 6.45) is 0. The Balaban J connectivity index is 2.30. The van der Waals surface area contributed by atoms with Crippen molar-refractivity contribution in [3.8, 4) is 0 Å². The molecular formula is C13H11IN2S. The molecule has 0 aliphatic carbocycles. The lowest BCUT2D eigenvalue weighted by molar-refractivity contribution is 1.51. The maximum absolute atomic E-state index is 5.68. The van der Waals surface area contributed by atoms with Gasteiger partial charge in [0.05, 0.1) is 0 Å². The fourth-order valence-corrected chi connectivity index (χ4v) is 2.03. The Kier molecular flexibility index (Phi) is 3.96. The molecule has 0 unspecified atom stereocenters. The molecule has 0 aliphatic rings. The maximum atomic E-state index is 5.68. The third-order valence-corrected chi connectivity index (χ3v) is 3.25. The number of hydrogen-bond acceptors (Lipinski definition) is 2. The Morgan fingerprint density at radius 3 is 2.35 bits per heavy atom. The van der Waals surface area contributed by atoms with Crippen LogP contribution < -0.4 is 11.1 Å². The number of anilines is 2. The molecule has 0 saturated heterocycles. The van der Waals surface area contributed by atoms with Crippen LogP contribution in [0.25, 0.3) is 0 Å². The zero-order valence-corrected chi connectivity index (χ0v) is 12.0. The van der Waals surface area contributed by atoms with Crippen LogP contribution in [-0.4, -0.2) is 4.99 Å². The predicted molar refractivity (Wildman–Crippen MR) is 84.8 cm³/mol. The molecule has 2 aromatic carbocycles. The summed E-state index contributed by atoms with van der Waals surface area (Å²) < 4.78 is 1.20. The molecule has 0 heterocycles. The number of para-hydroxylation sites is 1. The quantitative estimate of drug-likeness (QED) is 0.653. The maximum Gasteiger partial charge on any atom is 0.106 e. The summed E-state index contributed by atoms with van der Waals surface area (Å²) in [5, 5.41) is 3.31. The van der Waals surface area contributed by atoms with Gasteiger partial charge in [0, 0.05) is 20.5 Å². The first-order valence-electron chi connectivity index (χ1n) is 5.08. The van der Waals surface area contributed by atoms with Crippen molar-refractivity contribution in [1.82, 2.24) is 0 Å². The van der Waals surface area contributed by atoms with E-state index in [1.54, 1.807) is 0 Å². The lowest BCUT2D eigenvalue weighted by Gasteiger charge is -2.10. The van der Waals surface area contributed by atoms with Gasteiger partial charge in [0.2, 0.25) is 0 Å². The van der Waals surface area contributed by atoms with Crippen molar-refractivity contribution < 1.29 is 0 Å². The molecule has 0 saturated carbocycles. The summed E-state index contributed by atoms with van der Waals surface area (Å²) in [5.74, 6) is 0. The summed E-state index contributed by atoms with van der Waals surface area (Å²) in [7, 11) is 0. The number of rotatable bonds is 3. The highest BCUT2D eigenvalue weighted by atomic mass is 127. The van der Waals surface area contributed by atoms with Gasteiger partial charge in [0.1, 0.15) is 4.99 Å². The minimum absolute atomic E-state index is 0.401. The van der Waals surface area contributed by atoms with E-state index in [0.717, 1.165) is 16.9 Å². The lowest BCUT2D eigenvalue weighted by Crippen LogP contribution is -2.11. The highest BCUT2D eigenvalue weighted by molar-refractivity contribution is 14.1. The largest absolute Gasteiger partial charge is 0.389 e. The van der Waals surface area contributed by atoms with E-state index in [4.69, 9.17) is 18.0 Å². The van der Waals surface area contributed by atoms with Crippen LogP contribution >= 0.6 is 34.8 Å².